The van der Waals surface area contributed by atoms with Crippen LogP contribution >= 0.6 is 11.6 Å². The smallest absolute Gasteiger partial charge is 0.181 e. The third-order valence-corrected chi connectivity index (χ3v) is 1.48. The number of hydrogen-bond donors (Lipinski definition) is 1. The van der Waals surface area contributed by atoms with Crippen LogP contribution in [0.1, 0.15) is 11.5 Å². The number of aromatic nitrogens is 1. The lowest BCUT2D eigenvalue weighted by Gasteiger charge is -1.92. The topological polar surface area (TPSA) is 52.0 Å². The van der Waals surface area contributed by atoms with Gasteiger partial charge in [-0.25, -0.2) is 4.98 Å². The highest BCUT2D eigenvalue weighted by atomic mass is 35.5. The number of alkyl halides is 1. The van der Waals surface area contributed by atoms with Gasteiger partial charge in [0.1, 0.15) is 5.76 Å². The lowest BCUT2D eigenvalue weighted by Crippen LogP contribution is -2.03. The van der Waals surface area contributed by atoms with Crippen LogP contribution in [0.4, 0.5) is 0 Å². The van der Waals surface area contributed by atoms with Crippen LogP contribution in [-0.4, -0.2) is 11.5 Å². The van der Waals surface area contributed by atoms with Crippen LogP contribution in [0.2, 0.25) is 0 Å². The summed E-state index contributed by atoms with van der Waals surface area (Å²) < 4.78 is 5.02. The molecule has 10 heavy (non-hydrogen) atoms. The number of hydrogen-bond acceptors (Lipinski definition) is 3. The zero-order valence-corrected chi connectivity index (χ0v) is 6.27. The Morgan fingerprint density at radius 1 is 1.70 bits per heavy atom. The molecule has 0 aliphatic heterocycles. The minimum atomic E-state index is 0.395. The molecule has 0 bridgehead atoms. The normalized spacial score (nSPS) is 10.2. The average Bonchev–Trinajstić information content (AvgIpc) is 2.36. The molecule has 0 saturated carbocycles. The molecule has 4 heteroatoms. The third-order valence-electron chi connectivity index (χ3n) is 1.22. The Morgan fingerprint density at radius 2 is 2.50 bits per heavy atom. The van der Waals surface area contributed by atoms with Crippen molar-refractivity contribution in [3.05, 3.63) is 17.8 Å². The van der Waals surface area contributed by atoms with E-state index in [4.69, 9.17) is 21.8 Å². The van der Waals surface area contributed by atoms with Crippen molar-refractivity contribution in [3.8, 4) is 0 Å². The highest BCUT2D eigenvalue weighted by Gasteiger charge is 2.04. The number of nitrogens with two attached hydrogens (primary N) is 1. The van der Waals surface area contributed by atoms with E-state index in [1.165, 1.54) is 6.39 Å². The van der Waals surface area contributed by atoms with E-state index in [1.54, 1.807) is 0 Å². The van der Waals surface area contributed by atoms with E-state index in [2.05, 4.69) is 4.98 Å². The van der Waals surface area contributed by atoms with Crippen LogP contribution in [0.15, 0.2) is 10.8 Å². The fourth-order valence-electron chi connectivity index (χ4n) is 0.737. The molecule has 1 aromatic heterocycles. The van der Waals surface area contributed by atoms with Gasteiger partial charge in [0, 0.05) is 6.42 Å². The quantitative estimate of drug-likeness (QED) is 0.669. The maximum absolute atomic E-state index is 5.55. The van der Waals surface area contributed by atoms with E-state index in [1.807, 2.05) is 0 Å². The van der Waals surface area contributed by atoms with Gasteiger partial charge in [-0.05, 0) is 6.54 Å². The molecule has 0 spiro atoms. The maximum atomic E-state index is 5.55. The summed E-state index contributed by atoms with van der Waals surface area (Å²) in [5, 5.41) is 0. The van der Waals surface area contributed by atoms with Crippen molar-refractivity contribution in [2.75, 3.05) is 6.54 Å². The SMILES string of the molecule is NCCc1ocnc1CCl. The molecule has 0 atom stereocenters. The molecule has 0 amide bonds. The van der Waals surface area contributed by atoms with Gasteiger partial charge in [0.15, 0.2) is 6.39 Å². The summed E-state index contributed by atoms with van der Waals surface area (Å²) in [5.41, 5.74) is 6.11. The monoisotopic (exact) mass is 160 g/mol. The van der Waals surface area contributed by atoms with Gasteiger partial charge in [-0.3, -0.25) is 0 Å². The van der Waals surface area contributed by atoms with Gasteiger partial charge < -0.3 is 10.2 Å². The summed E-state index contributed by atoms with van der Waals surface area (Å²) >= 11 is 5.55. The molecule has 0 saturated heterocycles. The summed E-state index contributed by atoms with van der Waals surface area (Å²) in [5.74, 6) is 1.20. The minimum Gasteiger partial charge on any atom is -0.448 e. The fourth-order valence-corrected chi connectivity index (χ4v) is 0.955. The molecule has 1 aromatic rings. The molecule has 2 N–H and O–H groups in total. The Balaban J connectivity index is 2.70. The van der Waals surface area contributed by atoms with Crippen molar-refractivity contribution in [2.24, 2.45) is 5.73 Å². The first-order chi connectivity index (χ1) is 4.88. The predicted octanol–water partition coefficient (Wildman–Crippen LogP) is 0.915. The molecule has 56 valence electrons. The molecule has 1 rings (SSSR count). The van der Waals surface area contributed by atoms with Crippen LogP contribution < -0.4 is 5.73 Å². The number of oxazole rings is 1. The van der Waals surface area contributed by atoms with Crippen molar-refractivity contribution < 1.29 is 4.42 Å². The van der Waals surface area contributed by atoms with E-state index < -0.39 is 0 Å². The Labute approximate surface area is 64.2 Å². The Kier molecular flexibility index (Phi) is 2.71. The van der Waals surface area contributed by atoms with Crippen LogP contribution in [0.5, 0.6) is 0 Å². The lowest BCUT2D eigenvalue weighted by molar-refractivity contribution is 0.503. The first kappa shape index (κ1) is 7.57. The van der Waals surface area contributed by atoms with Gasteiger partial charge in [-0.2, -0.15) is 0 Å². The summed E-state index contributed by atoms with van der Waals surface area (Å²) in [6.45, 7) is 0.569. The molecule has 0 aliphatic carbocycles. The van der Waals surface area contributed by atoms with Gasteiger partial charge in [0.25, 0.3) is 0 Å². The second-order valence-corrected chi connectivity index (χ2v) is 2.16. The number of rotatable bonds is 3. The highest BCUT2D eigenvalue weighted by Crippen LogP contribution is 2.08. The lowest BCUT2D eigenvalue weighted by atomic mass is 10.3. The molecule has 0 unspecified atom stereocenters. The molecular formula is C6H9ClN2O. The molecule has 0 aromatic carbocycles. The maximum Gasteiger partial charge on any atom is 0.181 e. The van der Waals surface area contributed by atoms with Crippen LogP contribution in [0.25, 0.3) is 0 Å². The van der Waals surface area contributed by atoms with Crippen LogP contribution in [0.3, 0.4) is 0 Å². The molecule has 3 nitrogen and oxygen atoms in total. The summed E-state index contributed by atoms with van der Waals surface area (Å²) in [7, 11) is 0. The van der Waals surface area contributed by atoms with Crippen molar-refractivity contribution in [1.29, 1.82) is 0 Å². The van der Waals surface area contributed by atoms with Crippen molar-refractivity contribution in [2.45, 2.75) is 12.3 Å². The molecule has 0 aliphatic rings. The zero-order valence-electron chi connectivity index (χ0n) is 5.51. The Bertz CT molecular complexity index is 199. The minimum absolute atomic E-state index is 0.395. The first-order valence-corrected chi connectivity index (χ1v) is 3.59. The van der Waals surface area contributed by atoms with E-state index in [-0.39, 0.29) is 0 Å². The Hall–Kier alpha value is -0.540. The number of nitrogens with zero attached hydrogens (tertiary/aromatic N) is 1. The Morgan fingerprint density at radius 3 is 3.10 bits per heavy atom. The third kappa shape index (κ3) is 1.49. The van der Waals surface area contributed by atoms with E-state index >= 15 is 0 Å². The molecule has 1 heterocycles. The number of halogens is 1. The van der Waals surface area contributed by atoms with E-state index in [0.717, 1.165) is 11.5 Å². The van der Waals surface area contributed by atoms with Crippen molar-refractivity contribution in [1.82, 2.24) is 4.98 Å². The largest absolute Gasteiger partial charge is 0.448 e. The van der Waals surface area contributed by atoms with Crippen molar-refractivity contribution in [3.63, 3.8) is 0 Å². The first-order valence-electron chi connectivity index (χ1n) is 3.05. The second-order valence-electron chi connectivity index (χ2n) is 1.89. The summed E-state index contributed by atoms with van der Waals surface area (Å²) in [6.07, 6.45) is 2.10. The fraction of sp³-hybridized carbons (Fsp3) is 0.500. The van der Waals surface area contributed by atoms with Crippen LogP contribution in [0, 0.1) is 0 Å². The van der Waals surface area contributed by atoms with Gasteiger partial charge >= 0.3 is 0 Å². The zero-order chi connectivity index (χ0) is 7.40. The van der Waals surface area contributed by atoms with Crippen LogP contribution in [-0.2, 0) is 12.3 Å². The molecule has 0 radical (unpaired) electrons. The van der Waals surface area contributed by atoms with E-state index in [0.29, 0.717) is 18.8 Å². The van der Waals surface area contributed by atoms with E-state index in [9.17, 15) is 0 Å². The highest BCUT2D eigenvalue weighted by molar-refractivity contribution is 6.16. The molecule has 0 fully saturated rings. The van der Waals surface area contributed by atoms with Gasteiger partial charge in [-0.1, -0.05) is 0 Å². The standard InChI is InChI=1S/C6H9ClN2O/c7-3-5-6(1-2-8)10-4-9-5/h4H,1-3,8H2. The summed E-state index contributed by atoms with van der Waals surface area (Å²) in [6, 6.07) is 0. The average molecular weight is 161 g/mol. The summed E-state index contributed by atoms with van der Waals surface area (Å²) in [4.78, 5) is 3.90. The molecular weight excluding hydrogens is 152 g/mol. The van der Waals surface area contributed by atoms with Gasteiger partial charge in [0.2, 0.25) is 0 Å². The van der Waals surface area contributed by atoms with Gasteiger partial charge in [-0.15, -0.1) is 11.6 Å². The van der Waals surface area contributed by atoms with Gasteiger partial charge in [0.05, 0.1) is 11.6 Å². The van der Waals surface area contributed by atoms with Crippen molar-refractivity contribution >= 4 is 11.6 Å². The predicted molar refractivity (Wildman–Crippen MR) is 38.8 cm³/mol. The second kappa shape index (κ2) is 3.58.